The standard InChI is InChI=1S/C14H21FN2O2S.ClH/c1-9(17-14(18)12(16)6-7-20-3)10-4-5-13(19-2)11(15)8-10;/h4-5,8-9,12H,6-7,16H2,1-3H3,(H,17,18);1H/t9?,12-;/m0./s1. The molecular formula is C14H22ClFN2O2S. The molecule has 0 heterocycles. The quantitative estimate of drug-likeness (QED) is 0.803. The zero-order valence-corrected chi connectivity index (χ0v) is 14.0. The molecule has 3 N–H and O–H groups in total. The van der Waals surface area contributed by atoms with E-state index in [1.165, 1.54) is 13.2 Å². The van der Waals surface area contributed by atoms with Crippen LogP contribution in [0.4, 0.5) is 4.39 Å². The van der Waals surface area contributed by atoms with Crippen LogP contribution in [0, 0.1) is 5.82 Å². The fraction of sp³-hybridized carbons (Fsp3) is 0.500. The summed E-state index contributed by atoms with van der Waals surface area (Å²) in [6.07, 6.45) is 2.59. The van der Waals surface area contributed by atoms with Crippen LogP contribution in [0.15, 0.2) is 18.2 Å². The molecule has 0 aliphatic heterocycles. The lowest BCUT2D eigenvalue weighted by Gasteiger charge is -2.18. The number of carbonyl (C=O) groups is 1. The average Bonchev–Trinajstić information content (AvgIpc) is 2.44. The Morgan fingerprint density at radius 1 is 1.52 bits per heavy atom. The van der Waals surface area contributed by atoms with E-state index in [4.69, 9.17) is 10.5 Å². The van der Waals surface area contributed by atoms with Crippen molar-refractivity contribution < 1.29 is 13.9 Å². The molecule has 0 aliphatic carbocycles. The third-order valence-electron chi connectivity index (χ3n) is 3.00. The topological polar surface area (TPSA) is 64.3 Å². The van der Waals surface area contributed by atoms with Gasteiger partial charge in [0.15, 0.2) is 11.6 Å². The summed E-state index contributed by atoms with van der Waals surface area (Å²) in [5.74, 6) is 0.352. The molecule has 0 saturated heterocycles. The van der Waals surface area contributed by atoms with E-state index in [2.05, 4.69) is 5.32 Å². The van der Waals surface area contributed by atoms with Gasteiger partial charge in [-0.05, 0) is 43.0 Å². The first-order valence-corrected chi connectivity index (χ1v) is 7.77. The van der Waals surface area contributed by atoms with Gasteiger partial charge in [0.25, 0.3) is 0 Å². The van der Waals surface area contributed by atoms with Gasteiger partial charge in [-0.1, -0.05) is 6.07 Å². The fourth-order valence-corrected chi connectivity index (χ4v) is 2.22. The van der Waals surface area contributed by atoms with Gasteiger partial charge in [-0.3, -0.25) is 4.79 Å². The SMILES string of the molecule is COc1ccc(C(C)NC(=O)[C@@H](N)CCSC)cc1F.Cl. The van der Waals surface area contributed by atoms with Crippen LogP contribution >= 0.6 is 24.2 Å². The van der Waals surface area contributed by atoms with Crippen molar-refractivity contribution >= 4 is 30.1 Å². The van der Waals surface area contributed by atoms with Crippen molar-refractivity contribution in [1.29, 1.82) is 0 Å². The first-order chi connectivity index (χ1) is 9.49. The maximum absolute atomic E-state index is 13.6. The van der Waals surface area contributed by atoms with Crippen LogP contribution in [0.1, 0.15) is 24.9 Å². The van der Waals surface area contributed by atoms with Gasteiger partial charge in [0, 0.05) is 0 Å². The molecule has 0 bridgehead atoms. The van der Waals surface area contributed by atoms with Gasteiger partial charge in [-0.25, -0.2) is 4.39 Å². The van der Waals surface area contributed by atoms with E-state index >= 15 is 0 Å². The van der Waals surface area contributed by atoms with Crippen molar-refractivity contribution in [2.24, 2.45) is 5.73 Å². The largest absolute Gasteiger partial charge is 0.494 e. The molecule has 0 saturated carbocycles. The molecule has 0 fully saturated rings. The molecule has 1 aromatic rings. The minimum absolute atomic E-state index is 0. The normalized spacial score (nSPS) is 13.0. The highest BCUT2D eigenvalue weighted by molar-refractivity contribution is 7.98. The number of nitrogens with one attached hydrogen (secondary N) is 1. The Morgan fingerprint density at radius 3 is 2.71 bits per heavy atom. The van der Waals surface area contributed by atoms with E-state index in [0.717, 1.165) is 5.75 Å². The van der Waals surface area contributed by atoms with Crippen LogP contribution in [0.2, 0.25) is 0 Å². The van der Waals surface area contributed by atoms with E-state index in [9.17, 15) is 9.18 Å². The van der Waals surface area contributed by atoms with Crippen molar-refractivity contribution in [2.75, 3.05) is 19.1 Å². The number of carbonyl (C=O) groups excluding carboxylic acids is 1. The third-order valence-corrected chi connectivity index (χ3v) is 3.65. The first kappa shape index (κ1) is 20.0. The fourth-order valence-electron chi connectivity index (χ4n) is 1.73. The van der Waals surface area contributed by atoms with Gasteiger partial charge >= 0.3 is 0 Å². The van der Waals surface area contributed by atoms with Crippen molar-refractivity contribution in [1.82, 2.24) is 5.32 Å². The van der Waals surface area contributed by atoms with Crippen molar-refractivity contribution in [3.63, 3.8) is 0 Å². The van der Waals surface area contributed by atoms with Gasteiger partial charge in [0.2, 0.25) is 5.91 Å². The summed E-state index contributed by atoms with van der Waals surface area (Å²) in [6, 6.07) is 3.79. The molecule has 1 rings (SSSR count). The molecule has 1 unspecified atom stereocenters. The number of hydrogen-bond donors (Lipinski definition) is 2. The van der Waals surface area contributed by atoms with Gasteiger partial charge in [-0.2, -0.15) is 11.8 Å². The second kappa shape index (κ2) is 9.87. The number of nitrogens with two attached hydrogens (primary N) is 1. The Bertz CT molecular complexity index is 463. The van der Waals surface area contributed by atoms with Crippen molar-refractivity contribution in [3.05, 3.63) is 29.6 Å². The van der Waals surface area contributed by atoms with Gasteiger partial charge in [0.1, 0.15) is 0 Å². The summed E-state index contributed by atoms with van der Waals surface area (Å²) in [7, 11) is 1.41. The predicted molar refractivity (Wildman–Crippen MR) is 87.7 cm³/mol. The Morgan fingerprint density at radius 2 is 2.19 bits per heavy atom. The summed E-state index contributed by atoms with van der Waals surface area (Å²) >= 11 is 1.65. The zero-order valence-electron chi connectivity index (χ0n) is 12.4. The molecule has 1 amide bonds. The molecule has 0 aliphatic rings. The molecule has 0 aromatic heterocycles. The predicted octanol–water partition coefficient (Wildman–Crippen LogP) is 2.51. The van der Waals surface area contributed by atoms with Crippen molar-refractivity contribution in [2.45, 2.75) is 25.4 Å². The zero-order chi connectivity index (χ0) is 15.1. The van der Waals surface area contributed by atoms with Crippen LogP contribution in [0.25, 0.3) is 0 Å². The highest BCUT2D eigenvalue weighted by atomic mass is 35.5. The second-order valence-electron chi connectivity index (χ2n) is 4.51. The lowest BCUT2D eigenvalue weighted by molar-refractivity contribution is -0.123. The summed E-state index contributed by atoms with van der Waals surface area (Å²) < 4.78 is 18.5. The number of methoxy groups -OCH3 is 1. The summed E-state index contributed by atoms with van der Waals surface area (Å²) in [5.41, 5.74) is 6.46. The Labute approximate surface area is 135 Å². The molecule has 2 atom stereocenters. The Hall–Kier alpha value is -0.980. The monoisotopic (exact) mass is 336 g/mol. The number of rotatable bonds is 7. The lowest BCUT2D eigenvalue weighted by atomic mass is 10.1. The average molecular weight is 337 g/mol. The third kappa shape index (κ3) is 6.11. The molecule has 4 nitrogen and oxygen atoms in total. The highest BCUT2D eigenvalue weighted by Gasteiger charge is 2.17. The van der Waals surface area contributed by atoms with E-state index in [1.54, 1.807) is 30.8 Å². The number of thioether (sulfide) groups is 1. The number of ether oxygens (including phenoxy) is 1. The van der Waals surface area contributed by atoms with Gasteiger partial charge in [0.05, 0.1) is 19.2 Å². The Balaban J connectivity index is 0.00000400. The number of hydrogen-bond acceptors (Lipinski definition) is 4. The van der Waals surface area contributed by atoms with E-state index in [-0.39, 0.29) is 30.1 Å². The van der Waals surface area contributed by atoms with E-state index in [0.29, 0.717) is 12.0 Å². The second-order valence-corrected chi connectivity index (χ2v) is 5.50. The number of halogens is 2. The van der Waals surface area contributed by atoms with E-state index < -0.39 is 11.9 Å². The van der Waals surface area contributed by atoms with Crippen LogP contribution in [-0.4, -0.2) is 31.1 Å². The highest BCUT2D eigenvalue weighted by Crippen LogP contribution is 2.21. The molecule has 21 heavy (non-hydrogen) atoms. The molecular weight excluding hydrogens is 315 g/mol. The molecule has 120 valence electrons. The molecule has 7 heteroatoms. The molecule has 1 aromatic carbocycles. The van der Waals surface area contributed by atoms with Crippen molar-refractivity contribution in [3.8, 4) is 5.75 Å². The minimum atomic E-state index is -0.534. The smallest absolute Gasteiger partial charge is 0.237 e. The summed E-state index contributed by atoms with van der Waals surface area (Å²) in [6.45, 7) is 1.79. The van der Waals surface area contributed by atoms with Gasteiger partial charge in [-0.15, -0.1) is 12.4 Å². The number of amides is 1. The summed E-state index contributed by atoms with van der Waals surface area (Å²) in [4.78, 5) is 11.9. The summed E-state index contributed by atoms with van der Waals surface area (Å²) in [5, 5.41) is 2.79. The lowest BCUT2D eigenvalue weighted by Crippen LogP contribution is -2.41. The Kier molecular flexibility index (Phi) is 9.41. The number of benzene rings is 1. The molecule has 0 spiro atoms. The molecule has 0 radical (unpaired) electrons. The van der Waals surface area contributed by atoms with Gasteiger partial charge < -0.3 is 15.8 Å². The maximum atomic E-state index is 13.6. The van der Waals surface area contributed by atoms with E-state index in [1.807, 2.05) is 6.26 Å². The minimum Gasteiger partial charge on any atom is -0.494 e. The van der Waals surface area contributed by atoms with Crippen LogP contribution in [0.5, 0.6) is 5.75 Å². The van der Waals surface area contributed by atoms with Crippen LogP contribution < -0.4 is 15.8 Å². The van der Waals surface area contributed by atoms with Crippen LogP contribution in [0.3, 0.4) is 0 Å². The maximum Gasteiger partial charge on any atom is 0.237 e. The first-order valence-electron chi connectivity index (χ1n) is 6.38. The van der Waals surface area contributed by atoms with Crippen LogP contribution in [-0.2, 0) is 4.79 Å².